The van der Waals surface area contributed by atoms with Gasteiger partial charge in [0.05, 0.1) is 29.7 Å². The predicted octanol–water partition coefficient (Wildman–Crippen LogP) is 1.81. The number of rotatable bonds is 7. The van der Waals surface area contributed by atoms with Crippen LogP contribution in [0.1, 0.15) is 24.1 Å². The van der Waals surface area contributed by atoms with E-state index in [1.807, 2.05) is 6.07 Å². The summed E-state index contributed by atoms with van der Waals surface area (Å²) in [5.41, 5.74) is 1.04. The van der Waals surface area contributed by atoms with E-state index in [-0.39, 0.29) is 17.4 Å². The molecule has 0 aliphatic carbocycles. The number of benzene rings is 2. The van der Waals surface area contributed by atoms with E-state index in [9.17, 15) is 13.2 Å². The largest absolute Gasteiger partial charge is 0.493 e. The van der Waals surface area contributed by atoms with Crippen molar-refractivity contribution in [1.82, 2.24) is 4.90 Å². The monoisotopic (exact) mass is 403 g/mol. The molecule has 9 heteroatoms. The van der Waals surface area contributed by atoms with Gasteiger partial charge in [0.15, 0.2) is 18.1 Å². The maximum absolute atomic E-state index is 12.5. The molecule has 0 saturated heterocycles. The first-order valence-electron chi connectivity index (χ1n) is 8.26. The molecule has 2 aromatic rings. The van der Waals surface area contributed by atoms with Crippen LogP contribution < -0.4 is 14.6 Å². The van der Waals surface area contributed by atoms with Gasteiger partial charge in [0.2, 0.25) is 10.0 Å². The van der Waals surface area contributed by atoms with Crippen LogP contribution in [0.15, 0.2) is 47.4 Å². The highest BCUT2D eigenvalue weighted by Gasteiger charge is 2.20. The molecule has 0 radical (unpaired) electrons. The van der Waals surface area contributed by atoms with E-state index in [0.717, 1.165) is 0 Å². The van der Waals surface area contributed by atoms with Crippen LogP contribution >= 0.6 is 0 Å². The van der Waals surface area contributed by atoms with Gasteiger partial charge in [-0.2, -0.15) is 5.26 Å². The third-order valence-electron chi connectivity index (χ3n) is 4.29. The molecule has 0 spiro atoms. The number of hydrogen-bond acceptors (Lipinski definition) is 6. The van der Waals surface area contributed by atoms with Crippen molar-refractivity contribution in [2.45, 2.75) is 17.9 Å². The number of nitriles is 1. The Morgan fingerprint density at radius 2 is 1.96 bits per heavy atom. The summed E-state index contributed by atoms with van der Waals surface area (Å²) in [6.45, 7) is 1.51. The summed E-state index contributed by atoms with van der Waals surface area (Å²) < 4.78 is 33.7. The van der Waals surface area contributed by atoms with Crippen molar-refractivity contribution in [1.29, 1.82) is 5.26 Å². The number of amides is 1. The van der Waals surface area contributed by atoms with E-state index < -0.39 is 16.1 Å². The summed E-state index contributed by atoms with van der Waals surface area (Å²) in [6.07, 6.45) is 0. The smallest absolute Gasteiger partial charge is 0.260 e. The Bertz CT molecular complexity index is 1010. The third kappa shape index (κ3) is 5.00. The number of ether oxygens (including phenoxy) is 2. The number of carbonyl (C=O) groups excluding carboxylic acids is 1. The molecule has 0 aromatic heterocycles. The van der Waals surface area contributed by atoms with E-state index in [2.05, 4.69) is 0 Å². The maximum Gasteiger partial charge on any atom is 0.260 e. The van der Waals surface area contributed by atoms with E-state index in [4.69, 9.17) is 19.9 Å². The van der Waals surface area contributed by atoms with Crippen molar-refractivity contribution in [2.24, 2.45) is 5.14 Å². The quantitative estimate of drug-likeness (QED) is 0.752. The SMILES string of the molecule is COc1cc(C#N)ccc1OCC(=O)N(C)C(C)c1cccc(S(N)(=O)=O)c1. The highest BCUT2D eigenvalue weighted by Crippen LogP contribution is 2.28. The molecule has 0 fully saturated rings. The lowest BCUT2D eigenvalue weighted by Gasteiger charge is -2.25. The van der Waals surface area contributed by atoms with Crippen molar-refractivity contribution < 1.29 is 22.7 Å². The summed E-state index contributed by atoms with van der Waals surface area (Å²) in [5.74, 6) is 0.371. The molecule has 1 unspecified atom stereocenters. The molecule has 0 aliphatic heterocycles. The van der Waals surface area contributed by atoms with Gasteiger partial charge < -0.3 is 14.4 Å². The minimum atomic E-state index is -3.83. The zero-order chi connectivity index (χ0) is 20.9. The zero-order valence-corrected chi connectivity index (χ0v) is 16.6. The van der Waals surface area contributed by atoms with E-state index in [1.165, 1.54) is 30.2 Å². The second kappa shape index (κ2) is 8.73. The Balaban J connectivity index is 2.10. The minimum Gasteiger partial charge on any atom is -0.493 e. The molecule has 2 aromatic carbocycles. The zero-order valence-electron chi connectivity index (χ0n) is 15.7. The molecule has 8 nitrogen and oxygen atoms in total. The first kappa shape index (κ1) is 21.2. The topological polar surface area (TPSA) is 123 Å². The van der Waals surface area contributed by atoms with Gasteiger partial charge >= 0.3 is 0 Å². The average Bonchev–Trinajstić information content (AvgIpc) is 2.70. The number of carbonyl (C=O) groups is 1. The van der Waals surface area contributed by atoms with E-state index in [0.29, 0.717) is 22.6 Å². The molecule has 2 rings (SSSR count). The van der Waals surface area contributed by atoms with Crippen LogP contribution in [0.3, 0.4) is 0 Å². The second-order valence-electron chi connectivity index (χ2n) is 6.06. The molecule has 0 aliphatic rings. The normalized spacial score (nSPS) is 12.0. The fourth-order valence-electron chi connectivity index (χ4n) is 2.49. The number of sulfonamides is 1. The Kier molecular flexibility index (Phi) is 6.62. The molecule has 0 saturated carbocycles. The molecule has 0 heterocycles. The molecule has 1 atom stereocenters. The van der Waals surface area contributed by atoms with E-state index >= 15 is 0 Å². The first-order chi connectivity index (χ1) is 13.2. The molecular weight excluding hydrogens is 382 g/mol. The molecular formula is C19H21N3O5S. The van der Waals surface area contributed by atoms with Gasteiger partial charge in [0.1, 0.15) is 0 Å². The summed E-state index contributed by atoms with van der Waals surface area (Å²) in [7, 11) is -0.794. The van der Waals surface area contributed by atoms with Gasteiger partial charge in [-0.15, -0.1) is 0 Å². The van der Waals surface area contributed by atoms with Crippen molar-refractivity contribution in [3.63, 3.8) is 0 Å². The van der Waals surface area contributed by atoms with Gasteiger partial charge in [-0.25, -0.2) is 13.6 Å². The number of primary sulfonamides is 1. The maximum atomic E-state index is 12.5. The van der Waals surface area contributed by atoms with Crippen molar-refractivity contribution in [2.75, 3.05) is 20.8 Å². The summed E-state index contributed by atoms with van der Waals surface area (Å²) >= 11 is 0. The lowest BCUT2D eigenvalue weighted by molar-refractivity contribution is -0.134. The number of likely N-dealkylation sites (N-methyl/N-ethyl adjacent to an activating group) is 1. The van der Waals surface area contributed by atoms with Crippen LogP contribution in [0.25, 0.3) is 0 Å². The number of hydrogen-bond donors (Lipinski definition) is 1. The van der Waals surface area contributed by atoms with Gasteiger partial charge in [0.25, 0.3) is 5.91 Å². The van der Waals surface area contributed by atoms with Gasteiger partial charge in [-0.05, 0) is 36.8 Å². The standard InChI is InChI=1S/C19H21N3O5S/c1-13(15-5-4-6-16(10-15)28(21,24)25)22(2)19(23)12-27-17-8-7-14(11-20)9-18(17)26-3/h4-10,13H,12H2,1-3H3,(H2,21,24,25). The lowest BCUT2D eigenvalue weighted by Crippen LogP contribution is -2.33. The third-order valence-corrected chi connectivity index (χ3v) is 5.20. The molecule has 148 valence electrons. The Labute approximate surface area is 164 Å². The molecule has 1 amide bonds. The first-order valence-corrected chi connectivity index (χ1v) is 9.81. The average molecular weight is 403 g/mol. The fourth-order valence-corrected chi connectivity index (χ4v) is 3.06. The van der Waals surface area contributed by atoms with Crippen LogP contribution in [-0.4, -0.2) is 40.0 Å². The Hall–Kier alpha value is -3.09. The van der Waals surface area contributed by atoms with E-state index in [1.54, 1.807) is 38.2 Å². The highest BCUT2D eigenvalue weighted by molar-refractivity contribution is 7.89. The molecule has 28 heavy (non-hydrogen) atoms. The number of nitrogens with two attached hydrogens (primary N) is 1. The second-order valence-corrected chi connectivity index (χ2v) is 7.63. The summed E-state index contributed by atoms with van der Waals surface area (Å²) in [4.78, 5) is 13.9. The summed E-state index contributed by atoms with van der Waals surface area (Å²) in [6, 6.07) is 12.4. The van der Waals surface area contributed by atoms with Gasteiger partial charge in [-0.3, -0.25) is 4.79 Å². The fraction of sp³-hybridized carbons (Fsp3) is 0.263. The van der Waals surface area contributed by atoms with Crippen LogP contribution in [0.2, 0.25) is 0 Å². The van der Waals surface area contributed by atoms with Crippen LogP contribution in [0.4, 0.5) is 0 Å². The van der Waals surface area contributed by atoms with Crippen LogP contribution in [0, 0.1) is 11.3 Å². The Morgan fingerprint density at radius 1 is 1.25 bits per heavy atom. The highest BCUT2D eigenvalue weighted by atomic mass is 32.2. The Morgan fingerprint density at radius 3 is 2.57 bits per heavy atom. The lowest BCUT2D eigenvalue weighted by atomic mass is 10.1. The van der Waals surface area contributed by atoms with Crippen molar-refractivity contribution in [3.8, 4) is 17.6 Å². The van der Waals surface area contributed by atoms with Crippen LogP contribution in [0.5, 0.6) is 11.5 Å². The molecule has 0 bridgehead atoms. The van der Waals surface area contributed by atoms with Crippen LogP contribution in [-0.2, 0) is 14.8 Å². The predicted molar refractivity (Wildman–Crippen MR) is 102 cm³/mol. The number of methoxy groups -OCH3 is 1. The van der Waals surface area contributed by atoms with Gasteiger partial charge in [-0.1, -0.05) is 12.1 Å². The molecule has 2 N–H and O–H groups in total. The summed E-state index contributed by atoms with van der Waals surface area (Å²) in [5, 5.41) is 14.1. The minimum absolute atomic E-state index is 0.0173. The van der Waals surface area contributed by atoms with Crippen molar-refractivity contribution in [3.05, 3.63) is 53.6 Å². The van der Waals surface area contributed by atoms with Gasteiger partial charge in [0, 0.05) is 13.1 Å². The van der Waals surface area contributed by atoms with Crippen molar-refractivity contribution >= 4 is 15.9 Å². The number of nitrogens with zero attached hydrogens (tertiary/aromatic N) is 2.